The van der Waals surface area contributed by atoms with Crippen molar-refractivity contribution < 1.29 is 14.6 Å². The van der Waals surface area contributed by atoms with E-state index in [9.17, 15) is 9.90 Å². The molecule has 0 spiro atoms. The van der Waals surface area contributed by atoms with Gasteiger partial charge in [0.1, 0.15) is 5.75 Å². The lowest BCUT2D eigenvalue weighted by atomic mass is 9.74. The molecule has 4 rings (SSSR count). The maximum absolute atomic E-state index is 11.8. The van der Waals surface area contributed by atoms with Crippen molar-refractivity contribution >= 4 is 28.6 Å². The number of anilines is 2. The smallest absolute Gasteiger partial charge is 0.336 e. The van der Waals surface area contributed by atoms with E-state index >= 15 is 0 Å². The molecule has 2 N–H and O–H groups in total. The molecule has 0 amide bonds. The Morgan fingerprint density at radius 2 is 1.85 bits per heavy atom. The zero-order valence-electron chi connectivity index (χ0n) is 21.1. The Hall–Kier alpha value is -3.02. The molecule has 1 aliphatic carbocycles. The van der Waals surface area contributed by atoms with Crippen molar-refractivity contribution in [2.45, 2.75) is 73.0 Å². The summed E-state index contributed by atoms with van der Waals surface area (Å²) in [6.07, 6.45) is 3.64. The highest BCUT2D eigenvalue weighted by atomic mass is 16.5. The molecule has 1 aliphatic rings. The molecule has 182 valence electrons. The molecule has 0 unspecified atom stereocenters. The molecule has 2 aromatic carbocycles. The van der Waals surface area contributed by atoms with Gasteiger partial charge in [-0.15, -0.1) is 0 Å². The summed E-state index contributed by atoms with van der Waals surface area (Å²) in [5, 5.41) is 13.2. The van der Waals surface area contributed by atoms with Gasteiger partial charge in [0.15, 0.2) is 0 Å². The van der Waals surface area contributed by atoms with E-state index in [1.54, 1.807) is 6.07 Å². The van der Waals surface area contributed by atoms with Crippen LogP contribution in [-0.2, 0) is 0 Å². The number of carboxylic acids is 1. The van der Waals surface area contributed by atoms with Crippen molar-refractivity contribution in [2.24, 2.45) is 17.8 Å². The molecule has 0 radical (unpaired) electrons. The predicted molar refractivity (Wildman–Crippen MR) is 137 cm³/mol. The number of nitrogens with zero attached hydrogens (tertiary/aromatic N) is 2. The van der Waals surface area contributed by atoms with Gasteiger partial charge in [-0.3, -0.25) is 0 Å². The van der Waals surface area contributed by atoms with Crippen molar-refractivity contribution in [1.82, 2.24) is 9.55 Å². The number of hydrogen-bond donors (Lipinski definition) is 2. The summed E-state index contributed by atoms with van der Waals surface area (Å²) in [4.78, 5) is 16.7. The number of aryl methyl sites for hydroxylation is 1. The maximum Gasteiger partial charge on any atom is 0.336 e. The summed E-state index contributed by atoms with van der Waals surface area (Å²) in [6, 6.07) is 11.9. The van der Waals surface area contributed by atoms with Crippen LogP contribution in [0.2, 0.25) is 0 Å². The maximum atomic E-state index is 11.8. The molecular formula is C28H37N3O3. The van der Waals surface area contributed by atoms with Gasteiger partial charge in [0, 0.05) is 11.7 Å². The summed E-state index contributed by atoms with van der Waals surface area (Å²) in [5.74, 6) is 2.40. The molecule has 0 saturated heterocycles. The highest BCUT2D eigenvalue weighted by molar-refractivity contribution is 5.95. The second kappa shape index (κ2) is 9.69. The van der Waals surface area contributed by atoms with Crippen LogP contribution in [-0.4, -0.2) is 26.7 Å². The van der Waals surface area contributed by atoms with Crippen LogP contribution in [0.3, 0.4) is 0 Å². The number of fused-ring (bicyclic) bond motifs is 1. The molecule has 3 aromatic rings. The van der Waals surface area contributed by atoms with Gasteiger partial charge >= 0.3 is 5.97 Å². The van der Waals surface area contributed by atoms with Crippen molar-refractivity contribution in [2.75, 3.05) is 5.32 Å². The van der Waals surface area contributed by atoms with E-state index in [4.69, 9.17) is 9.72 Å². The van der Waals surface area contributed by atoms with E-state index in [1.807, 2.05) is 51.1 Å². The number of aromatic carboxylic acids is 1. The number of imidazole rings is 1. The minimum Gasteiger partial charge on any atom is -0.491 e. The van der Waals surface area contributed by atoms with E-state index in [1.165, 1.54) is 12.8 Å². The number of rotatable bonds is 7. The van der Waals surface area contributed by atoms with Gasteiger partial charge < -0.3 is 19.7 Å². The van der Waals surface area contributed by atoms with Crippen LogP contribution >= 0.6 is 0 Å². The molecular weight excluding hydrogens is 426 g/mol. The van der Waals surface area contributed by atoms with Crippen LogP contribution in [0.4, 0.5) is 11.6 Å². The number of hydrogen-bond acceptors (Lipinski definition) is 4. The zero-order chi connectivity index (χ0) is 24.6. The Morgan fingerprint density at radius 1 is 1.15 bits per heavy atom. The zero-order valence-corrected chi connectivity index (χ0v) is 21.1. The van der Waals surface area contributed by atoms with Crippen LogP contribution in [0.25, 0.3) is 11.0 Å². The Labute approximate surface area is 202 Å². The lowest BCUT2D eigenvalue weighted by Gasteiger charge is -2.39. The summed E-state index contributed by atoms with van der Waals surface area (Å²) in [6.45, 7) is 12.8. The normalized spacial score (nSPS) is 20.8. The summed E-state index contributed by atoms with van der Waals surface area (Å²) in [7, 11) is 0. The van der Waals surface area contributed by atoms with Gasteiger partial charge in [-0.1, -0.05) is 27.2 Å². The first kappa shape index (κ1) is 24.1. The Bertz CT molecular complexity index is 1160. The van der Waals surface area contributed by atoms with Crippen molar-refractivity contribution in [3.8, 4) is 5.75 Å². The molecule has 3 atom stereocenters. The molecule has 1 fully saturated rings. The number of aromatic nitrogens is 2. The lowest BCUT2D eigenvalue weighted by molar-refractivity contribution is 0.0696. The minimum absolute atomic E-state index is 0.121. The summed E-state index contributed by atoms with van der Waals surface area (Å²) in [5.41, 5.74) is 3.69. The topological polar surface area (TPSA) is 76.4 Å². The third-order valence-corrected chi connectivity index (χ3v) is 7.07. The van der Waals surface area contributed by atoms with Gasteiger partial charge in [0.05, 0.1) is 22.7 Å². The van der Waals surface area contributed by atoms with Crippen molar-refractivity contribution in [3.05, 3.63) is 47.5 Å². The molecule has 34 heavy (non-hydrogen) atoms. The van der Waals surface area contributed by atoms with Crippen molar-refractivity contribution in [1.29, 1.82) is 0 Å². The first-order chi connectivity index (χ1) is 16.1. The van der Waals surface area contributed by atoms with Crippen LogP contribution < -0.4 is 10.1 Å². The molecule has 1 heterocycles. The van der Waals surface area contributed by atoms with E-state index < -0.39 is 5.97 Å². The quantitative estimate of drug-likeness (QED) is 0.387. The largest absolute Gasteiger partial charge is 0.491 e. The van der Waals surface area contributed by atoms with Gasteiger partial charge in [0.25, 0.3) is 0 Å². The van der Waals surface area contributed by atoms with Crippen LogP contribution in [0.1, 0.15) is 75.8 Å². The SMILES string of the molecule is Cc1cc2c(cc1C(=O)O)nc(Nc1ccc(OC(C)C)cc1)n2[C@@H]1C[C@H](C)CC[C@H]1C(C)C. The Morgan fingerprint density at radius 3 is 2.47 bits per heavy atom. The standard InChI is InChI=1S/C28H37N3O3/c1-16(2)22-12-7-18(5)13-25(22)31-26-14-19(6)23(27(32)33)15-24(26)30-28(31)29-20-8-10-21(11-9-20)34-17(3)4/h8-11,14-18,22,25H,7,12-13H2,1-6H3,(H,29,30)(H,32,33)/t18-,22+,25-/m1/s1. The van der Waals surface area contributed by atoms with E-state index in [-0.39, 0.29) is 6.10 Å². The summed E-state index contributed by atoms with van der Waals surface area (Å²) < 4.78 is 8.12. The average molecular weight is 464 g/mol. The average Bonchev–Trinajstić information content (AvgIpc) is 3.10. The molecule has 1 saturated carbocycles. The number of carboxylic acid groups (broad SMARTS) is 1. The van der Waals surface area contributed by atoms with Gasteiger partial charge in [0.2, 0.25) is 5.95 Å². The van der Waals surface area contributed by atoms with E-state index in [0.717, 1.165) is 34.9 Å². The molecule has 0 bridgehead atoms. The fraction of sp³-hybridized carbons (Fsp3) is 0.500. The minimum atomic E-state index is -0.921. The lowest BCUT2D eigenvalue weighted by Crippen LogP contribution is -2.30. The molecule has 6 nitrogen and oxygen atoms in total. The fourth-order valence-electron chi connectivity index (χ4n) is 5.37. The Kier molecular flexibility index (Phi) is 6.87. The van der Waals surface area contributed by atoms with Crippen LogP contribution in [0.5, 0.6) is 5.75 Å². The second-order valence-corrected chi connectivity index (χ2v) is 10.5. The van der Waals surface area contributed by atoms with E-state index in [0.29, 0.717) is 34.9 Å². The molecule has 1 aromatic heterocycles. The highest BCUT2D eigenvalue weighted by Crippen LogP contribution is 2.44. The van der Waals surface area contributed by atoms with Crippen molar-refractivity contribution in [3.63, 3.8) is 0 Å². The van der Waals surface area contributed by atoms with Gasteiger partial charge in [-0.2, -0.15) is 0 Å². The monoisotopic (exact) mass is 463 g/mol. The van der Waals surface area contributed by atoms with E-state index in [2.05, 4.69) is 30.7 Å². The first-order valence-electron chi connectivity index (χ1n) is 12.4. The second-order valence-electron chi connectivity index (χ2n) is 10.5. The van der Waals surface area contributed by atoms with Gasteiger partial charge in [-0.25, -0.2) is 9.78 Å². The predicted octanol–water partition coefficient (Wildman–Crippen LogP) is 7.21. The molecule has 0 aliphatic heterocycles. The highest BCUT2D eigenvalue weighted by Gasteiger charge is 2.34. The summed E-state index contributed by atoms with van der Waals surface area (Å²) >= 11 is 0. The number of ether oxygens (including phenoxy) is 1. The Balaban J connectivity index is 1.82. The first-order valence-corrected chi connectivity index (χ1v) is 12.4. The van der Waals surface area contributed by atoms with Crippen LogP contribution in [0, 0.1) is 24.7 Å². The number of nitrogens with one attached hydrogen (secondary N) is 1. The molecule has 6 heteroatoms. The van der Waals surface area contributed by atoms with Gasteiger partial charge in [-0.05, 0) is 93.3 Å². The third-order valence-electron chi connectivity index (χ3n) is 7.07. The fourth-order valence-corrected chi connectivity index (χ4v) is 5.37. The number of benzene rings is 2. The number of carbonyl (C=O) groups is 1. The van der Waals surface area contributed by atoms with Crippen LogP contribution in [0.15, 0.2) is 36.4 Å². The third kappa shape index (κ3) is 4.91.